The molecule has 0 spiro atoms. The summed E-state index contributed by atoms with van der Waals surface area (Å²) in [6.07, 6.45) is 0.839. The van der Waals surface area contributed by atoms with Crippen LogP contribution in [-0.4, -0.2) is 20.9 Å². The van der Waals surface area contributed by atoms with Crippen LogP contribution in [0.3, 0.4) is 0 Å². The number of hydrogen-bond donors (Lipinski definition) is 2. The lowest BCUT2D eigenvalue weighted by atomic mass is 9.90. The highest BCUT2D eigenvalue weighted by atomic mass is 32.2. The maximum absolute atomic E-state index is 14.0. The molecular weight excluding hydrogens is 295 g/mol. The van der Waals surface area contributed by atoms with Crippen molar-refractivity contribution in [3.63, 3.8) is 0 Å². The van der Waals surface area contributed by atoms with Gasteiger partial charge in [-0.05, 0) is 36.5 Å². The van der Waals surface area contributed by atoms with Gasteiger partial charge in [0.25, 0.3) is 5.91 Å². The highest BCUT2D eigenvalue weighted by molar-refractivity contribution is 7.89. The fourth-order valence-corrected chi connectivity index (χ4v) is 2.23. The fraction of sp³-hybridized carbons (Fsp3) is 0.500. The first-order valence-corrected chi connectivity index (χ1v) is 8.14. The van der Waals surface area contributed by atoms with Gasteiger partial charge in [0.15, 0.2) is 0 Å². The van der Waals surface area contributed by atoms with E-state index < -0.39 is 21.7 Å². The summed E-state index contributed by atoms with van der Waals surface area (Å²) in [6, 6.07) is 2.07. The zero-order valence-corrected chi connectivity index (χ0v) is 13.5. The Morgan fingerprint density at radius 1 is 1.38 bits per heavy atom. The van der Waals surface area contributed by atoms with Crippen LogP contribution in [0, 0.1) is 18.2 Å². The molecule has 7 heteroatoms. The third-order valence-corrected chi connectivity index (χ3v) is 4.38. The van der Waals surface area contributed by atoms with Gasteiger partial charge in [0, 0.05) is 6.54 Å². The Labute approximate surface area is 124 Å². The molecule has 5 nitrogen and oxygen atoms in total. The van der Waals surface area contributed by atoms with Crippen molar-refractivity contribution in [2.75, 3.05) is 6.54 Å². The summed E-state index contributed by atoms with van der Waals surface area (Å²) in [5.41, 5.74) is -0.383. The van der Waals surface area contributed by atoms with Crippen molar-refractivity contribution < 1.29 is 17.6 Å². The van der Waals surface area contributed by atoms with Crippen molar-refractivity contribution in [2.45, 2.75) is 39.0 Å². The summed E-state index contributed by atoms with van der Waals surface area (Å²) in [7, 11) is -3.99. The minimum atomic E-state index is -3.99. The second-order valence-corrected chi connectivity index (χ2v) is 7.41. The highest BCUT2D eigenvalue weighted by Crippen LogP contribution is 2.20. The van der Waals surface area contributed by atoms with E-state index in [2.05, 4.69) is 5.32 Å². The van der Waals surface area contributed by atoms with Crippen molar-refractivity contribution in [1.82, 2.24) is 5.32 Å². The summed E-state index contributed by atoms with van der Waals surface area (Å²) >= 11 is 0. The summed E-state index contributed by atoms with van der Waals surface area (Å²) in [4.78, 5) is 11.8. The molecular formula is C14H21FN2O3S. The van der Waals surface area contributed by atoms with Gasteiger partial charge in [-0.2, -0.15) is 0 Å². The zero-order chi connectivity index (χ0) is 16.4. The number of sulfonamides is 1. The third-order valence-electron chi connectivity index (χ3n) is 3.49. The van der Waals surface area contributed by atoms with Crippen molar-refractivity contribution in [3.05, 3.63) is 29.1 Å². The molecule has 0 saturated heterocycles. The average Bonchev–Trinajstić information content (AvgIpc) is 2.38. The summed E-state index contributed by atoms with van der Waals surface area (Å²) in [5, 5.41) is 7.65. The van der Waals surface area contributed by atoms with E-state index in [1.54, 1.807) is 0 Å². The number of primary sulfonamides is 1. The quantitative estimate of drug-likeness (QED) is 0.870. The number of aryl methyl sites for hydroxylation is 1. The van der Waals surface area contributed by atoms with Crippen LogP contribution in [0.1, 0.15) is 43.1 Å². The number of carbonyl (C=O) groups is 1. The Hall–Kier alpha value is -1.47. The number of benzene rings is 1. The molecule has 118 valence electrons. The van der Waals surface area contributed by atoms with E-state index in [1.807, 2.05) is 20.8 Å². The van der Waals surface area contributed by atoms with Crippen LogP contribution in [0.5, 0.6) is 0 Å². The third kappa shape index (κ3) is 4.50. The predicted octanol–water partition coefficient (Wildman–Crippen LogP) is 1.95. The van der Waals surface area contributed by atoms with E-state index in [0.717, 1.165) is 18.6 Å². The normalized spacial score (nSPS) is 12.3. The Balaban J connectivity index is 3.13. The molecule has 0 radical (unpaired) electrons. The van der Waals surface area contributed by atoms with E-state index in [4.69, 9.17) is 5.14 Å². The van der Waals surface area contributed by atoms with Crippen molar-refractivity contribution in [3.8, 4) is 0 Å². The van der Waals surface area contributed by atoms with E-state index in [1.165, 1.54) is 6.92 Å². The van der Waals surface area contributed by atoms with Crippen LogP contribution in [-0.2, 0) is 10.0 Å². The number of amides is 1. The maximum Gasteiger partial charge on any atom is 0.254 e. The summed E-state index contributed by atoms with van der Waals surface area (Å²) in [5.74, 6) is -1.39. The molecule has 0 unspecified atom stereocenters. The van der Waals surface area contributed by atoms with Crippen molar-refractivity contribution in [2.24, 2.45) is 10.6 Å². The van der Waals surface area contributed by atoms with Gasteiger partial charge >= 0.3 is 0 Å². The lowest BCUT2D eigenvalue weighted by Gasteiger charge is -2.23. The molecule has 21 heavy (non-hydrogen) atoms. The largest absolute Gasteiger partial charge is 0.351 e. The lowest BCUT2D eigenvalue weighted by Crippen LogP contribution is -2.34. The number of nitrogens with two attached hydrogens (primary N) is 1. The van der Waals surface area contributed by atoms with Crippen molar-refractivity contribution >= 4 is 15.9 Å². The molecule has 0 aliphatic carbocycles. The maximum atomic E-state index is 14.0. The molecule has 1 rings (SSSR count). The molecule has 0 aliphatic rings. The first-order chi connectivity index (χ1) is 9.48. The fourth-order valence-electron chi connectivity index (χ4n) is 1.61. The molecule has 0 fully saturated rings. The molecule has 1 aromatic rings. The molecule has 0 aromatic heterocycles. The molecule has 1 aromatic carbocycles. The van der Waals surface area contributed by atoms with Crippen LogP contribution < -0.4 is 10.5 Å². The van der Waals surface area contributed by atoms with Crippen LogP contribution in [0.15, 0.2) is 17.0 Å². The summed E-state index contributed by atoms with van der Waals surface area (Å²) < 4.78 is 36.7. The molecule has 0 saturated carbocycles. The van der Waals surface area contributed by atoms with E-state index in [9.17, 15) is 17.6 Å². The van der Waals surface area contributed by atoms with E-state index in [-0.39, 0.29) is 21.4 Å². The van der Waals surface area contributed by atoms with Crippen LogP contribution in [0.25, 0.3) is 0 Å². The topological polar surface area (TPSA) is 89.3 Å². The minimum Gasteiger partial charge on any atom is -0.351 e. The first kappa shape index (κ1) is 17.6. The SMILES string of the molecule is CCC(C)(C)CNC(=O)c1cc(S(N)(=O)=O)cc(C)c1F. The Morgan fingerprint density at radius 3 is 2.43 bits per heavy atom. The van der Waals surface area contributed by atoms with Gasteiger partial charge in [0.1, 0.15) is 5.82 Å². The van der Waals surface area contributed by atoms with Crippen molar-refractivity contribution in [1.29, 1.82) is 0 Å². The first-order valence-electron chi connectivity index (χ1n) is 6.59. The number of hydrogen-bond acceptors (Lipinski definition) is 3. The lowest BCUT2D eigenvalue weighted by molar-refractivity contribution is 0.0931. The van der Waals surface area contributed by atoms with E-state index in [0.29, 0.717) is 6.54 Å². The Morgan fingerprint density at radius 2 is 1.95 bits per heavy atom. The number of halogens is 1. The smallest absolute Gasteiger partial charge is 0.254 e. The second kappa shape index (κ2) is 6.11. The van der Waals surface area contributed by atoms with Gasteiger partial charge in [0.05, 0.1) is 10.5 Å². The molecule has 0 atom stereocenters. The Bertz CT molecular complexity index is 654. The standard InChI is InChI=1S/C14H21FN2O3S/c1-5-14(3,4)8-17-13(18)11-7-10(21(16,19)20)6-9(2)12(11)15/h6-7H,5,8H2,1-4H3,(H,17,18)(H2,16,19,20). The zero-order valence-electron chi connectivity index (χ0n) is 12.7. The second-order valence-electron chi connectivity index (χ2n) is 5.85. The molecule has 0 bridgehead atoms. The molecule has 3 N–H and O–H groups in total. The predicted molar refractivity (Wildman–Crippen MR) is 78.9 cm³/mol. The van der Waals surface area contributed by atoms with Gasteiger partial charge in [0.2, 0.25) is 10.0 Å². The number of rotatable bonds is 5. The summed E-state index contributed by atoms with van der Waals surface area (Å²) in [6.45, 7) is 7.67. The van der Waals surface area contributed by atoms with Gasteiger partial charge in [-0.3, -0.25) is 4.79 Å². The van der Waals surface area contributed by atoms with Gasteiger partial charge < -0.3 is 5.32 Å². The van der Waals surface area contributed by atoms with Crippen LogP contribution >= 0.6 is 0 Å². The van der Waals surface area contributed by atoms with E-state index >= 15 is 0 Å². The molecule has 1 amide bonds. The van der Waals surface area contributed by atoms with Gasteiger partial charge in [-0.25, -0.2) is 17.9 Å². The minimum absolute atomic E-state index is 0.0569. The highest BCUT2D eigenvalue weighted by Gasteiger charge is 2.21. The monoisotopic (exact) mass is 316 g/mol. The number of carbonyl (C=O) groups excluding carboxylic acids is 1. The van der Waals surface area contributed by atoms with Gasteiger partial charge in [-0.1, -0.05) is 20.8 Å². The molecule has 0 aliphatic heterocycles. The average molecular weight is 316 g/mol. The van der Waals surface area contributed by atoms with Crippen LogP contribution in [0.2, 0.25) is 0 Å². The van der Waals surface area contributed by atoms with Gasteiger partial charge in [-0.15, -0.1) is 0 Å². The van der Waals surface area contributed by atoms with Crippen LogP contribution in [0.4, 0.5) is 4.39 Å². The number of nitrogens with one attached hydrogen (secondary N) is 1. The Kier molecular flexibility index (Phi) is 5.11. The molecule has 0 heterocycles.